The van der Waals surface area contributed by atoms with Crippen molar-refractivity contribution in [3.8, 4) is 0 Å². The highest BCUT2D eigenvalue weighted by Gasteiger charge is 2.29. The Morgan fingerprint density at radius 3 is 2.26 bits per heavy atom. The van der Waals surface area contributed by atoms with Gasteiger partial charge >= 0.3 is 5.97 Å². The number of Topliss-reactive ketones (excluding diaryl/α,β-unsaturated/α-hetero) is 1. The van der Waals surface area contributed by atoms with E-state index >= 15 is 0 Å². The van der Waals surface area contributed by atoms with E-state index in [-0.39, 0.29) is 11.4 Å². The van der Waals surface area contributed by atoms with Crippen molar-refractivity contribution in [2.45, 2.75) is 4.90 Å². The Balaban J connectivity index is 2.30. The first-order chi connectivity index (χ1) is 8.79. The first-order valence-electron chi connectivity index (χ1n) is 4.99. The minimum absolute atomic E-state index is 0.229. The zero-order chi connectivity index (χ0) is 14.2. The molecular formula is C10H8N2O6S. The first kappa shape index (κ1) is 13.2. The van der Waals surface area contributed by atoms with E-state index in [0.717, 1.165) is 17.1 Å². The summed E-state index contributed by atoms with van der Waals surface area (Å²) in [6.45, 7) is -0.229. The highest BCUT2D eigenvalue weighted by molar-refractivity contribution is 7.85. The van der Waals surface area contributed by atoms with E-state index in [2.05, 4.69) is 5.10 Å². The lowest BCUT2D eigenvalue weighted by atomic mass is 10.2. The fourth-order valence-electron chi connectivity index (χ4n) is 1.52. The van der Waals surface area contributed by atoms with Gasteiger partial charge in [-0.1, -0.05) is 0 Å². The largest absolute Gasteiger partial charge is 0.476 e. The number of hydrazone groups is 1. The van der Waals surface area contributed by atoms with Crippen LogP contribution in [-0.2, 0) is 19.7 Å². The van der Waals surface area contributed by atoms with Crippen LogP contribution in [0, 0.1) is 0 Å². The second-order valence-electron chi connectivity index (χ2n) is 3.70. The van der Waals surface area contributed by atoms with Crippen molar-refractivity contribution in [1.29, 1.82) is 0 Å². The monoisotopic (exact) mass is 284 g/mol. The number of carboxylic acids is 1. The zero-order valence-corrected chi connectivity index (χ0v) is 10.2. The van der Waals surface area contributed by atoms with Crippen LogP contribution in [0.4, 0.5) is 5.69 Å². The van der Waals surface area contributed by atoms with Crippen LogP contribution in [0.25, 0.3) is 0 Å². The normalized spacial score (nSPS) is 15.5. The number of carbonyl (C=O) groups is 2. The zero-order valence-electron chi connectivity index (χ0n) is 9.35. The molecule has 0 saturated carbocycles. The molecule has 1 aliphatic heterocycles. The lowest BCUT2D eigenvalue weighted by Crippen LogP contribution is -2.23. The molecular weight excluding hydrogens is 276 g/mol. The molecule has 0 spiro atoms. The molecule has 0 aromatic heterocycles. The van der Waals surface area contributed by atoms with Gasteiger partial charge in [-0.05, 0) is 24.3 Å². The number of nitrogens with zero attached hydrogens (tertiary/aromatic N) is 2. The minimum atomic E-state index is -4.29. The van der Waals surface area contributed by atoms with E-state index < -0.39 is 27.6 Å². The second kappa shape index (κ2) is 4.44. The van der Waals surface area contributed by atoms with E-state index in [9.17, 15) is 18.0 Å². The molecule has 1 heterocycles. The fraction of sp³-hybridized carbons (Fsp3) is 0.100. The number of aliphatic carboxylic acids is 1. The number of ketones is 1. The van der Waals surface area contributed by atoms with Gasteiger partial charge in [-0.15, -0.1) is 0 Å². The molecule has 0 saturated heterocycles. The quantitative estimate of drug-likeness (QED) is 0.734. The lowest BCUT2D eigenvalue weighted by Gasteiger charge is -2.12. The van der Waals surface area contributed by atoms with Gasteiger partial charge < -0.3 is 5.11 Å². The predicted octanol–water partition coefficient (Wildman–Crippen LogP) is -0.237. The van der Waals surface area contributed by atoms with Crippen molar-refractivity contribution in [3.05, 3.63) is 24.3 Å². The molecule has 1 aromatic carbocycles. The summed E-state index contributed by atoms with van der Waals surface area (Å²) in [7, 11) is -4.29. The van der Waals surface area contributed by atoms with E-state index in [4.69, 9.17) is 9.66 Å². The van der Waals surface area contributed by atoms with Crippen molar-refractivity contribution in [1.82, 2.24) is 0 Å². The van der Waals surface area contributed by atoms with Crippen LogP contribution in [0.15, 0.2) is 34.3 Å². The number of hydrogen-bond donors (Lipinski definition) is 2. The van der Waals surface area contributed by atoms with Crippen LogP contribution >= 0.6 is 0 Å². The smallest absolute Gasteiger partial charge is 0.360 e. The predicted molar refractivity (Wildman–Crippen MR) is 63.7 cm³/mol. The molecule has 19 heavy (non-hydrogen) atoms. The maximum atomic E-state index is 11.3. The van der Waals surface area contributed by atoms with Gasteiger partial charge in [-0.25, -0.2) is 4.79 Å². The SMILES string of the molecule is O=C(O)C1=NN(c2ccc(S(=O)(=O)O)cc2)CC1=O. The summed E-state index contributed by atoms with van der Waals surface area (Å²) in [4.78, 5) is 21.7. The van der Waals surface area contributed by atoms with Gasteiger partial charge in [0.25, 0.3) is 10.1 Å². The summed E-state index contributed by atoms with van der Waals surface area (Å²) >= 11 is 0. The maximum absolute atomic E-state index is 11.3. The summed E-state index contributed by atoms with van der Waals surface area (Å²) in [5.74, 6) is -2.05. The Morgan fingerprint density at radius 2 is 1.84 bits per heavy atom. The van der Waals surface area contributed by atoms with E-state index in [0.29, 0.717) is 5.69 Å². The van der Waals surface area contributed by atoms with E-state index in [1.165, 1.54) is 12.1 Å². The number of anilines is 1. The van der Waals surface area contributed by atoms with Gasteiger partial charge in [-0.3, -0.25) is 14.4 Å². The van der Waals surface area contributed by atoms with Crippen LogP contribution < -0.4 is 5.01 Å². The Morgan fingerprint density at radius 1 is 1.26 bits per heavy atom. The molecule has 0 amide bonds. The van der Waals surface area contributed by atoms with Crippen molar-refractivity contribution in [2.75, 3.05) is 11.6 Å². The Kier molecular flexibility index (Phi) is 3.08. The minimum Gasteiger partial charge on any atom is -0.476 e. The molecule has 100 valence electrons. The lowest BCUT2D eigenvalue weighted by molar-refractivity contribution is -0.130. The third-order valence-electron chi connectivity index (χ3n) is 2.41. The molecule has 2 N–H and O–H groups in total. The van der Waals surface area contributed by atoms with Crippen molar-refractivity contribution in [2.24, 2.45) is 5.10 Å². The molecule has 0 bridgehead atoms. The van der Waals surface area contributed by atoms with Gasteiger partial charge in [-0.2, -0.15) is 13.5 Å². The average Bonchev–Trinajstić information content (AvgIpc) is 2.70. The molecule has 0 atom stereocenters. The van der Waals surface area contributed by atoms with Gasteiger partial charge in [0, 0.05) is 0 Å². The highest BCUT2D eigenvalue weighted by Crippen LogP contribution is 2.20. The second-order valence-corrected chi connectivity index (χ2v) is 5.13. The van der Waals surface area contributed by atoms with Crippen molar-refractivity contribution < 1.29 is 27.7 Å². The standard InChI is InChI=1S/C10H8N2O6S/c13-8-5-12(11-9(8)10(14)15)6-1-3-7(4-2-6)19(16,17)18/h1-4H,5H2,(H,14,15)(H,16,17,18). The number of hydrogen-bond acceptors (Lipinski definition) is 6. The van der Waals surface area contributed by atoms with Crippen LogP contribution in [0.2, 0.25) is 0 Å². The number of benzene rings is 1. The highest BCUT2D eigenvalue weighted by atomic mass is 32.2. The van der Waals surface area contributed by atoms with E-state index in [1.54, 1.807) is 0 Å². The number of carboxylic acid groups (broad SMARTS) is 1. The Labute approximate surface area is 107 Å². The van der Waals surface area contributed by atoms with Crippen LogP contribution in [-0.4, -0.2) is 42.1 Å². The van der Waals surface area contributed by atoms with Gasteiger partial charge in [0.2, 0.25) is 11.5 Å². The summed E-state index contributed by atoms with van der Waals surface area (Å²) in [6, 6.07) is 4.88. The molecule has 0 unspecified atom stereocenters. The number of carbonyl (C=O) groups excluding carboxylic acids is 1. The first-order valence-corrected chi connectivity index (χ1v) is 6.43. The van der Waals surface area contributed by atoms with Gasteiger partial charge in [0.15, 0.2) is 0 Å². The van der Waals surface area contributed by atoms with Crippen LogP contribution in [0.3, 0.4) is 0 Å². The van der Waals surface area contributed by atoms with Crippen molar-refractivity contribution in [3.63, 3.8) is 0 Å². The molecule has 0 radical (unpaired) electrons. The average molecular weight is 284 g/mol. The Hall–Kier alpha value is -2.26. The molecule has 2 rings (SSSR count). The number of rotatable bonds is 3. The molecule has 1 aromatic rings. The van der Waals surface area contributed by atoms with E-state index in [1.807, 2.05) is 0 Å². The summed E-state index contributed by atoms with van der Waals surface area (Å²) in [5.41, 5.74) is -0.226. The fourth-order valence-corrected chi connectivity index (χ4v) is 2.00. The summed E-state index contributed by atoms with van der Waals surface area (Å²) in [6.07, 6.45) is 0. The maximum Gasteiger partial charge on any atom is 0.360 e. The summed E-state index contributed by atoms with van der Waals surface area (Å²) < 4.78 is 30.5. The topological polar surface area (TPSA) is 124 Å². The molecule has 1 aliphatic rings. The molecule has 9 heteroatoms. The Bertz CT molecular complexity index is 676. The third-order valence-corrected chi connectivity index (χ3v) is 3.28. The van der Waals surface area contributed by atoms with Gasteiger partial charge in [0.05, 0.1) is 10.6 Å². The van der Waals surface area contributed by atoms with Crippen LogP contribution in [0.1, 0.15) is 0 Å². The van der Waals surface area contributed by atoms with Crippen molar-refractivity contribution >= 4 is 33.3 Å². The van der Waals surface area contributed by atoms with Gasteiger partial charge in [0.1, 0.15) is 6.54 Å². The third kappa shape index (κ3) is 2.61. The molecule has 0 fully saturated rings. The van der Waals surface area contributed by atoms with Crippen LogP contribution in [0.5, 0.6) is 0 Å². The molecule has 0 aliphatic carbocycles. The summed E-state index contributed by atoms with van der Waals surface area (Å²) in [5, 5.41) is 13.5. The molecule has 8 nitrogen and oxygen atoms in total.